The van der Waals surface area contributed by atoms with Crippen LogP contribution in [0.2, 0.25) is 0 Å². The number of piperidine rings is 1. The Balaban J connectivity index is 1.54. The Morgan fingerprint density at radius 2 is 2.39 bits per heavy atom. The number of amides is 2. The highest BCUT2D eigenvalue weighted by Crippen LogP contribution is 2.25. The molecule has 1 unspecified atom stereocenters. The maximum atomic E-state index is 12.3. The number of hydrogen-bond donors (Lipinski definition) is 1. The van der Waals surface area contributed by atoms with Gasteiger partial charge in [0.15, 0.2) is 5.82 Å². The number of thiophene rings is 1. The summed E-state index contributed by atoms with van der Waals surface area (Å²) < 4.78 is 5.21. The topological polar surface area (TPSA) is 88.3 Å². The predicted molar refractivity (Wildman–Crippen MR) is 84.2 cm³/mol. The molecule has 122 valence electrons. The minimum Gasteiger partial charge on any atom is -0.342 e. The summed E-state index contributed by atoms with van der Waals surface area (Å²) in [6.45, 7) is 3.03. The van der Waals surface area contributed by atoms with Crippen molar-refractivity contribution in [1.82, 2.24) is 20.4 Å². The molecule has 2 aromatic heterocycles. The fourth-order valence-corrected chi connectivity index (χ4v) is 3.29. The van der Waals surface area contributed by atoms with Crippen LogP contribution in [0.25, 0.3) is 0 Å². The number of aromatic nitrogens is 2. The summed E-state index contributed by atoms with van der Waals surface area (Å²) in [7, 11) is 0. The zero-order valence-corrected chi connectivity index (χ0v) is 13.6. The summed E-state index contributed by atoms with van der Waals surface area (Å²) in [5.41, 5.74) is 0. The molecular weight excluding hydrogens is 316 g/mol. The zero-order valence-electron chi connectivity index (χ0n) is 12.8. The van der Waals surface area contributed by atoms with Gasteiger partial charge in [0, 0.05) is 13.1 Å². The molecular formula is C15H18N4O3S. The van der Waals surface area contributed by atoms with E-state index < -0.39 is 0 Å². The number of nitrogens with zero attached hydrogens (tertiary/aromatic N) is 3. The van der Waals surface area contributed by atoms with Crippen LogP contribution in [0, 0.1) is 6.92 Å². The number of hydrogen-bond acceptors (Lipinski definition) is 6. The molecule has 2 amide bonds. The van der Waals surface area contributed by atoms with E-state index in [9.17, 15) is 9.59 Å². The number of rotatable bonds is 4. The molecule has 2 aromatic rings. The lowest BCUT2D eigenvalue weighted by Gasteiger charge is -2.31. The maximum Gasteiger partial charge on any atom is 0.261 e. The minimum atomic E-state index is -0.213. The minimum absolute atomic E-state index is 0.00626. The summed E-state index contributed by atoms with van der Waals surface area (Å²) in [5, 5.41) is 8.31. The molecule has 0 saturated carbocycles. The van der Waals surface area contributed by atoms with Crippen molar-refractivity contribution in [3.05, 3.63) is 34.1 Å². The number of aryl methyl sites for hydroxylation is 1. The summed E-state index contributed by atoms with van der Waals surface area (Å²) in [6.07, 6.45) is 1.81. The van der Waals surface area contributed by atoms with E-state index in [0.717, 1.165) is 12.8 Å². The monoisotopic (exact) mass is 334 g/mol. The third-order valence-electron chi connectivity index (χ3n) is 3.81. The van der Waals surface area contributed by atoms with Crippen molar-refractivity contribution in [3.63, 3.8) is 0 Å². The van der Waals surface area contributed by atoms with Gasteiger partial charge in [-0.1, -0.05) is 11.2 Å². The standard InChI is InChI=1S/C15H18N4O3S/c1-10-17-15(22-18-10)11-4-2-6-19(9-11)13(20)8-16-14(21)12-5-3-7-23-12/h3,5,7,11H,2,4,6,8-9H2,1H3,(H,16,21). The highest BCUT2D eigenvalue weighted by molar-refractivity contribution is 7.12. The lowest BCUT2D eigenvalue weighted by Crippen LogP contribution is -2.44. The normalized spacial score (nSPS) is 18.0. The molecule has 0 bridgehead atoms. The molecule has 0 aliphatic carbocycles. The van der Waals surface area contributed by atoms with Gasteiger partial charge >= 0.3 is 0 Å². The largest absolute Gasteiger partial charge is 0.342 e. The van der Waals surface area contributed by atoms with E-state index in [1.807, 2.05) is 11.4 Å². The van der Waals surface area contributed by atoms with Crippen LogP contribution >= 0.6 is 11.3 Å². The maximum absolute atomic E-state index is 12.3. The van der Waals surface area contributed by atoms with Gasteiger partial charge in [-0.15, -0.1) is 11.3 Å². The molecule has 0 radical (unpaired) electrons. The van der Waals surface area contributed by atoms with Gasteiger partial charge in [0.2, 0.25) is 11.8 Å². The van der Waals surface area contributed by atoms with E-state index in [2.05, 4.69) is 15.5 Å². The van der Waals surface area contributed by atoms with Crippen LogP contribution in [0.4, 0.5) is 0 Å². The number of carbonyl (C=O) groups is 2. The Labute approximate surface area is 137 Å². The molecule has 0 spiro atoms. The third kappa shape index (κ3) is 3.76. The van der Waals surface area contributed by atoms with Gasteiger partial charge < -0.3 is 14.7 Å². The first kappa shape index (κ1) is 15.7. The van der Waals surface area contributed by atoms with Gasteiger partial charge in [0.05, 0.1) is 17.3 Å². The molecule has 1 atom stereocenters. The SMILES string of the molecule is Cc1noc(C2CCCN(C(=O)CNC(=O)c3cccs3)C2)n1. The molecule has 23 heavy (non-hydrogen) atoms. The van der Waals surface area contributed by atoms with Crippen LogP contribution in [0.3, 0.4) is 0 Å². The average molecular weight is 334 g/mol. The van der Waals surface area contributed by atoms with E-state index in [1.165, 1.54) is 11.3 Å². The van der Waals surface area contributed by atoms with Gasteiger partial charge in [0.25, 0.3) is 5.91 Å². The molecule has 0 aromatic carbocycles. The highest BCUT2D eigenvalue weighted by atomic mass is 32.1. The summed E-state index contributed by atoms with van der Waals surface area (Å²) >= 11 is 1.35. The van der Waals surface area contributed by atoms with Gasteiger partial charge in [-0.2, -0.15) is 4.98 Å². The van der Waals surface area contributed by atoms with E-state index in [-0.39, 0.29) is 24.3 Å². The fraction of sp³-hybridized carbons (Fsp3) is 0.467. The fourth-order valence-electron chi connectivity index (χ4n) is 2.65. The van der Waals surface area contributed by atoms with Gasteiger partial charge in [-0.05, 0) is 31.2 Å². The number of likely N-dealkylation sites (tertiary alicyclic amines) is 1. The first-order chi connectivity index (χ1) is 11.1. The van der Waals surface area contributed by atoms with Gasteiger partial charge in [-0.25, -0.2) is 0 Å². The van der Waals surface area contributed by atoms with E-state index in [1.54, 1.807) is 17.9 Å². The van der Waals surface area contributed by atoms with Crippen LogP contribution in [-0.2, 0) is 4.79 Å². The van der Waals surface area contributed by atoms with Crippen LogP contribution in [0.5, 0.6) is 0 Å². The van der Waals surface area contributed by atoms with E-state index in [4.69, 9.17) is 4.52 Å². The van der Waals surface area contributed by atoms with Crippen molar-refractivity contribution in [1.29, 1.82) is 0 Å². The molecule has 3 heterocycles. The number of carbonyl (C=O) groups excluding carboxylic acids is 2. The Kier molecular flexibility index (Phi) is 4.71. The quantitative estimate of drug-likeness (QED) is 0.917. The first-order valence-corrected chi connectivity index (χ1v) is 8.41. The van der Waals surface area contributed by atoms with Crippen LogP contribution in [0.15, 0.2) is 22.0 Å². The van der Waals surface area contributed by atoms with E-state index in [0.29, 0.717) is 29.7 Å². The van der Waals surface area contributed by atoms with Gasteiger partial charge in [0.1, 0.15) is 0 Å². The Morgan fingerprint density at radius 3 is 3.09 bits per heavy atom. The molecule has 1 fully saturated rings. The van der Waals surface area contributed by atoms with Gasteiger partial charge in [-0.3, -0.25) is 9.59 Å². The third-order valence-corrected chi connectivity index (χ3v) is 4.68. The number of nitrogens with one attached hydrogen (secondary N) is 1. The van der Waals surface area contributed by atoms with E-state index >= 15 is 0 Å². The first-order valence-electron chi connectivity index (χ1n) is 7.53. The molecule has 1 N–H and O–H groups in total. The lowest BCUT2D eigenvalue weighted by molar-refractivity contribution is -0.131. The van der Waals surface area contributed by atoms with Crippen LogP contribution < -0.4 is 5.32 Å². The van der Waals surface area contributed by atoms with Crippen molar-refractivity contribution in [3.8, 4) is 0 Å². The smallest absolute Gasteiger partial charge is 0.261 e. The molecule has 1 saturated heterocycles. The summed E-state index contributed by atoms with van der Waals surface area (Å²) in [4.78, 5) is 30.8. The van der Waals surface area contributed by atoms with Crippen molar-refractivity contribution in [2.24, 2.45) is 0 Å². The van der Waals surface area contributed by atoms with Crippen molar-refractivity contribution in [2.45, 2.75) is 25.7 Å². The zero-order chi connectivity index (χ0) is 16.2. The Hall–Kier alpha value is -2.22. The molecule has 1 aliphatic heterocycles. The summed E-state index contributed by atoms with van der Waals surface area (Å²) in [5.74, 6) is 0.960. The molecule has 7 nitrogen and oxygen atoms in total. The summed E-state index contributed by atoms with van der Waals surface area (Å²) in [6, 6.07) is 3.54. The molecule has 1 aliphatic rings. The second-order valence-electron chi connectivity index (χ2n) is 5.52. The van der Waals surface area contributed by atoms with Crippen molar-refractivity contribution in [2.75, 3.05) is 19.6 Å². The molecule has 3 rings (SSSR count). The Morgan fingerprint density at radius 1 is 1.52 bits per heavy atom. The second kappa shape index (κ2) is 6.91. The molecule has 8 heteroatoms. The lowest BCUT2D eigenvalue weighted by atomic mass is 9.98. The van der Waals surface area contributed by atoms with Crippen molar-refractivity contribution >= 4 is 23.2 Å². The van der Waals surface area contributed by atoms with Crippen LogP contribution in [0.1, 0.15) is 40.1 Å². The van der Waals surface area contributed by atoms with Crippen LogP contribution in [-0.4, -0.2) is 46.5 Å². The average Bonchev–Trinajstić information content (AvgIpc) is 3.24. The highest BCUT2D eigenvalue weighted by Gasteiger charge is 2.28. The Bertz CT molecular complexity index is 683. The second-order valence-corrected chi connectivity index (χ2v) is 6.47. The van der Waals surface area contributed by atoms with Crippen molar-refractivity contribution < 1.29 is 14.1 Å². The predicted octanol–water partition coefficient (Wildman–Crippen LogP) is 1.58.